The molecule has 2 aliphatic heterocycles. The Labute approximate surface area is 147 Å². The van der Waals surface area contributed by atoms with Crippen molar-refractivity contribution in [2.75, 3.05) is 38.2 Å². The zero-order chi connectivity index (χ0) is 17.1. The van der Waals surface area contributed by atoms with Gasteiger partial charge in [-0.05, 0) is 13.8 Å². The van der Waals surface area contributed by atoms with Gasteiger partial charge < -0.3 is 24.4 Å². The van der Waals surface area contributed by atoms with E-state index in [0.29, 0.717) is 48.5 Å². The summed E-state index contributed by atoms with van der Waals surface area (Å²) in [6.07, 6.45) is 0.944. The molecule has 2 heterocycles. The highest BCUT2D eigenvalue weighted by Gasteiger charge is 2.25. The molecule has 0 aromatic heterocycles. The van der Waals surface area contributed by atoms with E-state index in [-0.39, 0.29) is 24.7 Å². The molecule has 2 unspecified atom stereocenters. The molecular weight excluding hydrogens is 332 g/mol. The molecule has 7 heteroatoms. The fraction of sp³-hybridized carbons (Fsp3) is 0.588. The molecule has 2 aliphatic rings. The smallest absolute Gasteiger partial charge is 0.242 e. The van der Waals surface area contributed by atoms with Gasteiger partial charge in [-0.3, -0.25) is 4.79 Å². The summed E-state index contributed by atoms with van der Waals surface area (Å²) in [5, 5.41) is 3.62. The third kappa shape index (κ3) is 4.05. The van der Waals surface area contributed by atoms with Crippen LogP contribution in [0.3, 0.4) is 0 Å². The zero-order valence-electron chi connectivity index (χ0n) is 14.0. The van der Waals surface area contributed by atoms with Gasteiger partial charge in [0, 0.05) is 31.6 Å². The van der Waals surface area contributed by atoms with Crippen molar-refractivity contribution in [3.8, 4) is 11.5 Å². The lowest BCUT2D eigenvalue weighted by molar-refractivity contribution is -0.141. The molecule has 0 radical (unpaired) electrons. The topological polar surface area (TPSA) is 60.0 Å². The Balaban J connectivity index is 1.64. The Hall–Kier alpha value is -1.66. The summed E-state index contributed by atoms with van der Waals surface area (Å²) in [4.78, 5) is 14.2. The molecule has 1 saturated heterocycles. The highest BCUT2D eigenvalue weighted by atomic mass is 35.5. The van der Waals surface area contributed by atoms with Crippen LogP contribution in [0.5, 0.6) is 11.5 Å². The maximum Gasteiger partial charge on any atom is 0.242 e. The number of amides is 1. The van der Waals surface area contributed by atoms with Crippen molar-refractivity contribution in [3.63, 3.8) is 0 Å². The molecule has 0 saturated carbocycles. The Kier molecular flexibility index (Phi) is 5.36. The number of benzene rings is 1. The van der Waals surface area contributed by atoms with Gasteiger partial charge in [0.05, 0.1) is 42.7 Å². The van der Waals surface area contributed by atoms with Crippen LogP contribution in [0.4, 0.5) is 5.69 Å². The zero-order valence-corrected chi connectivity index (χ0v) is 14.8. The van der Waals surface area contributed by atoms with Crippen LogP contribution in [0.25, 0.3) is 0 Å². The minimum absolute atomic E-state index is 0.0279. The summed E-state index contributed by atoms with van der Waals surface area (Å²) in [6, 6.07) is 3.52. The molecule has 6 nitrogen and oxygen atoms in total. The Bertz CT molecular complexity index is 600. The molecule has 132 valence electrons. The molecule has 1 aromatic carbocycles. The summed E-state index contributed by atoms with van der Waals surface area (Å²) in [7, 11) is 0. The SMILES string of the molecule is CC1CN(C(=O)CNc2cc3c(cc2Cl)OCCCO3)CC(C)O1. The normalized spacial score (nSPS) is 23.5. The van der Waals surface area contributed by atoms with E-state index in [0.717, 1.165) is 6.42 Å². The fourth-order valence-corrected chi connectivity index (χ4v) is 3.20. The van der Waals surface area contributed by atoms with E-state index >= 15 is 0 Å². The third-order valence-corrected chi connectivity index (χ3v) is 4.35. The number of hydrogen-bond donors (Lipinski definition) is 1. The van der Waals surface area contributed by atoms with Gasteiger partial charge in [-0.25, -0.2) is 0 Å². The van der Waals surface area contributed by atoms with Gasteiger partial charge in [-0.1, -0.05) is 11.6 Å². The molecule has 1 N–H and O–H groups in total. The number of anilines is 1. The van der Waals surface area contributed by atoms with Crippen molar-refractivity contribution in [2.24, 2.45) is 0 Å². The maximum absolute atomic E-state index is 12.4. The molecular formula is C17H23ClN2O4. The molecule has 2 atom stereocenters. The molecule has 1 aromatic rings. The van der Waals surface area contributed by atoms with E-state index in [1.165, 1.54) is 0 Å². The Morgan fingerprint density at radius 1 is 1.21 bits per heavy atom. The number of fused-ring (bicyclic) bond motifs is 1. The van der Waals surface area contributed by atoms with Crippen LogP contribution in [-0.4, -0.2) is 55.9 Å². The van der Waals surface area contributed by atoms with Crippen LogP contribution in [0.15, 0.2) is 12.1 Å². The van der Waals surface area contributed by atoms with Gasteiger partial charge in [-0.15, -0.1) is 0 Å². The summed E-state index contributed by atoms with van der Waals surface area (Å²) in [5.41, 5.74) is 0.670. The predicted molar refractivity (Wildman–Crippen MR) is 92.1 cm³/mol. The van der Waals surface area contributed by atoms with Crippen LogP contribution in [0.1, 0.15) is 20.3 Å². The quantitative estimate of drug-likeness (QED) is 0.904. The number of morpholine rings is 1. The number of halogens is 1. The third-order valence-electron chi connectivity index (χ3n) is 4.04. The van der Waals surface area contributed by atoms with E-state index in [1.54, 1.807) is 12.1 Å². The van der Waals surface area contributed by atoms with Gasteiger partial charge in [0.25, 0.3) is 0 Å². The van der Waals surface area contributed by atoms with Gasteiger partial charge in [0.2, 0.25) is 5.91 Å². The van der Waals surface area contributed by atoms with Crippen LogP contribution >= 0.6 is 11.6 Å². The second kappa shape index (κ2) is 7.49. The average molecular weight is 355 g/mol. The number of carbonyl (C=O) groups is 1. The summed E-state index contributed by atoms with van der Waals surface area (Å²) < 4.78 is 16.9. The van der Waals surface area contributed by atoms with Crippen molar-refractivity contribution in [2.45, 2.75) is 32.5 Å². The standard InChI is InChI=1S/C17H23ClN2O4/c1-11-9-20(10-12(2)24-11)17(21)8-19-14-7-16-15(6-13(14)18)22-4-3-5-23-16/h6-7,11-12,19H,3-5,8-10H2,1-2H3. The van der Waals surface area contributed by atoms with E-state index in [9.17, 15) is 4.79 Å². The minimum Gasteiger partial charge on any atom is -0.490 e. The van der Waals surface area contributed by atoms with Crippen molar-refractivity contribution in [3.05, 3.63) is 17.2 Å². The number of carbonyl (C=O) groups excluding carboxylic acids is 1. The second-order valence-electron chi connectivity index (χ2n) is 6.24. The number of ether oxygens (including phenoxy) is 3. The molecule has 0 spiro atoms. The highest BCUT2D eigenvalue weighted by molar-refractivity contribution is 6.33. The van der Waals surface area contributed by atoms with Gasteiger partial charge in [-0.2, -0.15) is 0 Å². The van der Waals surface area contributed by atoms with Crippen molar-refractivity contribution < 1.29 is 19.0 Å². The average Bonchev–Trinajstić information content (AvgIpc) is 2.76. The number of rotatable bonds is 3. The molecule has 0 bridgehead atoms. The number of nitrogens with one attached hydrogen (secondary N) is 1. The first-order chi connectivity index (χ1) is 11.5. The van der Waals surface area contributed by atoms with E-state index < -0.39 is 0 Å². The minimum atomic E-state index is 0.0279. The van der Waals surface area contributed by atoms with Crippen molar-refractivity contribution in [1.29, 1.82) is 0 Å². The first kappa shape index (κ1) is 17.2. The van der Waals surface area contributed by atoms with Gasteiger partial charge in [0.1, 0.15) is 0 Å². The first-order valence-electron chi connectivity index (χ1n) is 8.29. The Morgan fingerprint density at radius 2 is 1.83 bits per heavy atom. The van der Waals surface area contributed by atoms with Gasteiger partial charge in [0.15, 0.2) is 11.5 Å². The molecule has 1 amide bonds. The molecule has 0 aliphatic carbocycles. The second-order valence-corrected chi connectivity index (χ2v) is 6.65. The van der Waals surface area contributed by atoms with E-state index in [2.05, 4.69) is 5.32 Å². The highest BCUT2D eigenvalue weighted by Crippen LogP contribution is 2.37. The van der Waals surface area contributed by atoms with Crippen molar-refractivity contribution >= 4 is 23.2 Å². The lowest BCUT2D eigenvalue weighted by atomic mass is 10.2. The maximum atomic E-state index is 12.4. The Morgan fingerprint density at radius 3 is 2.50 bits per heavy atom. The predicted octanol–water partition coefficient (Wildman–Crippen LogP) is 2.55. The summed E-state index contributed by atoms with van der Waals surface area (Å²) in [6.45, 7) is 6.57. The fourth-order valence-electron chi connectivity index (χ4n) is 2.98. The largest absolute Gasteiger partial charge is 0.490 e. The van der Waals surface area contributed by atoms with Crippen LogP contribution < -0.4 is 14.8 Å². The first-order valence-corrected chi connectivity index (χ1v) is 8.67. The summed E-state index contributed by atoms with van der Waals surface area (Å²) >= 11 is 6.29. The van der Waals surface area contributed by atoms with Crippen LogP contribution in [-0.2, 0) is 9.53 Å². The van der Waals surface area contributed by atoms with Gasteiger partial charge >= 0.3 is 0 Å². The van der Waals surface area contributed by atoms with E-state index in [4.69, 9.17) is 25.8 Å². The molecule has 1 fully saturated rings. The van der Waals surface area contributed by atoms with Crippen LogP contribution in [0, 0.1) is 0 Å². The summed E-state index contributed by atoms with van der Waals surface area (Å²) in [5.74, 6) is 1.32. The van der Waals surface area contributed by atoms with E-state index in [1.807, 2.05) is 18.7 Å². The molecule has 24 heavy (non-hydrogen) atoms. The number of hydrogen-bond acceptors (Lipinski definition) is 5. The van der Waals surface area contributed by atoms with Crippen LogP contribution in [0.2, 0.25) is 5.02 Å². The lowest BCUT2D eigenvalue weighted by Crippen LogP contribution is -2.49. The van der Waals surface area contributed by atoms with Crippen molar-refractivity contribution in [1.82, 2.24) is 4.90 Å². The lowest BCUT2D eigenvalue weighted by Gasteiger charge is -2.35. The molecule has 3 rings (SSSR count). The monoisotopic (exact) mass is 354 g/mol. The number of nitrogens with zero attached hydrogens (tertiary/aromatic N) is 1.